The first kappa shape index (κ1) is 21.6. The summed E-state index contributed by atoms with van der Waals surface area (Å²) < 4.78 is 1.25. The lowest BCUT2D eigenvalue weighted by Crippen LogP contribution is -2.00. The average Bonchev–Trinajstić information content (AvgIpc) is 2.94. The van der Waals surface area contributed by atoms with Gasteiger partial charge in [-0.3, -0.25) is 0 Å². The second kappa shape index (κ2) is 9.39. The Morgan fingerprint density at radius 1 is 0.400 bits per heavy atom. The predicted octanol–water partition coefficient (Wildman–Crippen LogP) is 8.30. The fourth-order valence-electron chi connectivity index (χ4n) is 4.28. The number of nitrogens with zero attached hydrogens (tertiary/aromatic N) is 3. The first-order chi connectivity index (χ1) is 17.3. The van der Waals surface area contributed by atoms with E-state index < -0.39 is 0 Å². The molecule has 0 aliphatic rings. The maximum atomic E-state index is 4.89. The van der Waals surface area contributed by atoms with Crippen LogP contribution in [0.5, 0.6) is 0 Å². The molecule has 6 aromatic rings. The van der Waals surface area contributed by atoms with Crippen LogP contribution in [-0.2, 0) is 0 Å². The molecule has 0 fully saturated rings. The van der Waals surface area contributed by atoms with Crippen molar-refractivity contribution < 1.29 is 0 Å². The zero-order chi connectivity index (χ0) is 23.6. The highest BCUT2D eigenvalue weighted by Gasteiger charge is 2.13. The summed E-state index contributed by atoms with van der Waals surface area (Å²) in [5, 5.41) is 2.50. The van der Waals surface area contributed by atoms with Crippen molar-refractivity contribution in [2.75, 3.05) is 0 Å². The highest BCUT2D eigenvalue weighted by atomic mass is 127. The second-order valence-electron chi connectivity index (χ2n) is 8.26. The number of benzene rings is 5. The molecule has 4 heteroatoms. The summed E-state index contributed by atoms with van der Waals surface area (Å²) >= 11 is 2.40. The number of hydrogen-bond donors (Lipinski definition) is 0. The molecule has 0 aliphatic heterocycles. The van der Waals surface area contributed by atoms with Crippen LogP contribution < -0.4 is 0 Å². The van der Waals surface area contributed by atoms with Gasteiger partial charge in [0.2, 0.25) is 0 Å². The van der Waals surface area contributed by atoms with Gasteiger partial charge in [-0.25, -0.2) is 15.0 Å². The van der Waals surface area contributed by atoms with E-state index in [0.717, 1.165) is 22.3 Å². The zero-order valence-corrected chi connectivity index (χ0v) is 20.9. The summed E-state index contributed by atoms with van der Waals surface area (Å²) in [5.41, 5.74) is 5.23. The first-order valence-electron chi connectivity index (χ1n) is 11.4. The number of fused-ring (bicyclic) bond motifs is 1. The summed E-state index contributed by atoms with van der Waals surface area (Å²) in [4.78, 5) is 14.6. The summed E-state index contributed by atoms with van der Waals surface area (Å²) in [5.74, 6) is 1.99. The number of rotatable bonds is 4. The lowest BCUT2D eigenvalue weighted by Gasteiger charge is -2.11. The van der Waals surface area contributed by atoms with Crippen molar-refractivity contribution in [2.24, 2.45) is 0 Å². The van der Waals surface area contributed by atoms with Crippen LogP contribution >= 0.6 is 22.6 Å². The molecule has 166 valence electrons. The van der Waals surface area contributed by atoms with Crippen molar-refractivity contribution in [3.63, 3.8) is 0 Å². The first-order valence-corrected chi connectivity index (χ1v) is 12.5. The minimum absolute atomic E-state index is 0.661. The van der Waals surface area contributed by atoms with Crippen molar-refractivity contribution >= 4 is 33.4 Å². The molecule has 0 aliphatic carbocycles. The molecule has 6 rings (SSSR count). The molecule has 5 aromatic carbocycles. The standard InChI is InChI=1S/C31H20IN3/c32-28-19-18-25(26-16-7-8-17-27(26)28)23-14-9-15-24(20-23)31-34-29(21-10-3-1-4-11-21)33-30(35-31)22-12-5-2-6-13-22/h1-20H. The van der Waals surface area contributed by atoms with Gasteiger partial charge in [0.15, 0.2) is 17.5 Å². The summed E-state index contributed by atoms with van der Waals surface area (Å²) in [6.07, 6.45) is 0. The fraction of sp³-hybridized carbons (Fsp3) is 0. The summed E-state index contributed by atoms with van der Waals surface area (Å²) in [7, 11) is 0. The molecule has 0 amide bonds. The number of hydrogen-bond acceptors (Lipinski definition) is 3. The van der Waals surface area contributed by atoms with Crippen LogP contribution in [0.25, 0.3) is 56.1 Å². The molecule has 0 radical (unpaired) electrons. The van der Waals surface area contributed by atoms with Gasteiger partial charge < -0.3 is 0 Å². The SMILES string of the molecule is Ic1ccc(-c2cccc(-c3nc(-c4ccccc4)nc(-c4ccccc4)n3)c2)c2ccccc12. The van der Waals surface area contributed by atoms with Gasteiger partial charge in [-0.05, 0) is 56.6 Å². The van der Waals surface area contributed by atoms with Gasteiger partial charge in [-0.15, -0.1) is 0 Å². The Morgan fingerprint density at radius 2 is 0.886 bits per heavy atom. The predicted molar refractivity (Wildman–Crippen MR) is 152 cm³/mol. The number of aromatic nitrogens is 3. The highest BCUT2D eigenvalue weighted by molar-refractivity contribution is 14.1. The number of halogens is 1. The summed E-state index contributed by atoms with van der Waals surface area (Å²) in [6.45, 7) is 0. The van der Waals surface area contributed by atoms with Crippen LogP contribution in [0.3, 0.4) is 0 Å². The monoisotopic (exact) mass is 561 g/mol. The molecule has 35 heavy (non-hydrogen) atoms. The van der Waals surface area contributed by atoms with E-state index in [1.54, 1.807) is 0 Å². The van der Waals surface area contributed by atoms with Gasteiger partial charge >= 0.3 is 0 Å². The Kier molecular flexibility index (Phi) is 5.80. The lowest BCUT2D eigenvalue weighted by atomic mass is 9.97. The van der Waals surface area contributed by atoms with Crippen LogP contribution in [0, 0.1) is 3.57 Å². The van der Waals surface area contributed by atoms with E-state index in [0.29, 0.717) is 17.5 Å². The molecular formula is C31H20IN3. The molecule has 1 heterocycles. The van der Waals surface area contributed by atoms with Crippen LogP contribution in [-0.4, -0.2) is 15.0 Å². The molecule has 0 saturated heterocycles. The Labute approximate surface area is 217 Å². The van der Waals surface area contributed by atoms with Crippen LogP contribution in [0.1, 0.15) is 0 Å². The molecule has 1 aromatic heterocycles. The molecule has 0 atom stereocenters. The molecular weight excluding hydrogens is 541 g/mol. The normalized spacial score (nSPS) is 11.0. The smallest absolute Gasteiger partial charge is 0.164 e. The van der Waals surface area contributed by atoms with E-state index in [1.807, 2.05) is 60.7 Å². The van der Waals surface area contributed by atoms with E-state index in [-0.39, 0.29) is 0 Å². The second-order valence-corrected chi connectivity index (χ2v) is 9.42. The van der Waals surface area contributed by atoms with Crippen molar-refractivity contribution in [1.82, 2.24) is 15.0 Å². The summed E-state index contributed by atoms with van der Waals surface area (Å²) in [6, 6.07) is 41.5. The molecule has 0 unspecified atom stereocenters. The minimum Gasteiger partial charge on any atom is -0.208 e. The topological polar surface area (TPSA) is 38.7 Å². The highest BCUT2D eigenvalue weighted by Crippen LogP contribution is 2.33. The van der Waals surface area contributed by atoms with Gasteiger partial charge in [0.25, 0.3) is 0 Å². The van der Waals surface area contributed by atoms with Crippen molar-refractivity contribution in [3.8, 4) is 45.3 Å². The molecule has 0 bridgehead atoms. The van der Waals surface area contributed by atoms with E-state index in [9.17, 15) is 0 Å². The molecule has 0 spiro atoms. The Bertz CT molecular complexity index is 1590. The minimum atomic E-state index is 0.661. The van der Waals surface area contributed by atoms with Gasteiger partial charge in [0.1, 0.15) is 0 Å². The quantitative estimate of drug-likeness (QED) is 0.203. The van der Waals surface area contributed by atoms with Crippen LogP contribution in [0.2, 0.25) is 0 Å². The van der Waals surface area contributed by atoms with E-state index >= 15 is 0 Å². The average molecular weight is 561 g/mol. The molecule has 0 saturated carbocycles. The third-order valence-corrected chi connectivity index (χ3v) is 6.94. The Morgan fingerprint density at radius 3 is 1.51 bits per heavy atom. The Balaban J connectivity index is 1.52. The third-order valence-electron chi connectivity index (χ3n) is 6.00. The van der Waals surface area contributed by atoms with Gasteiger partial charge in [-0.2, -0.15) is 0 Å². The maximum Gasteiger partial charge on any atom is 0.164 e. The van der Waals surface area contributed by atoms with E-state index in [4.69, 9.17) is 15.0 Å². The van der Waals surface area contributed by atoms with E-state index in [1.165, 1.54) is 19.9 Å². The van der Waals surface area contributed by atoms with Crippen molar-refractivity contribution in [3.05, 3.63) is 125 Å². The van der Waals surface area contributed by atoms with Crippen molar-refractivity contribution in [2.45, 2.75) is 0 Å². The van der Waals surface area contributed by atoms with Gasteiger partial charge in [0, 0.05) is 20.3 Å². The molecule has 3 nitrogen and oxygen atoms in total. The zero-order valence-electron chi connectivity index (χ0n) is 18.8. The van der Waals surface area contributed by atoms with Crippen LogP contribution in [0.4, 0.5) is 0 Å². The lowest BCUT2D eigenvalue weighted by molar-refractivity contribution is 1.07. The van der Waals surface area contributed by atoms with E-state index in [2.05, 4.69) is 83.3 Å². The Hall–Kier alpha value is -3.90. The van der Waals surface area contributed by atoms with Crippen LogP contribution in [0.15, 0.2) is 121 Å². The maximum absolute atomic E-state index is 4.89. The molecule has 0 N–H and O–H groups in total. The largest absolute Gasteiger partial charge is 0.208 e. The van der Waals surface area contributed by atoms with Crippen molar-refractivity contribution in [1.29, 1.82) is 0 Å². The van der Waals surface area contributed by atoms with Gasteiger partial charge in [-0.1, -0.05) is 109 Å². The third kappa shape index (κ3) is 4.33. The van der Waals surface area contributed by atoms with Gasteiger partial charge in [0.05, 0.1) is 0 Å². The fourth-order valence-corrected chi connectivity index (χ4v) is 4.93.